The molecule has 20 heavy (non-hydrogen) atoms. The highest BCUT2D eigenvalue weighted by atomic mass is 16.5. The van der Waals surface area contributed by atoms with Crippen molar-refractivity contribution in [2.24, 2.45) is 11.7 Å². The molecule has 2 unspecified atom stereocenters. The van der Waals surface area contributed by atoms with E-state index in [0.717, 1.165) is 13.1 Å². The number of carbonyl (C=O) groups is 2. The normalized spacial score (nSPS) is 18.9. The minimum absolute atomic E-state index is 0.224. The Kier molecular flexibility index (Phi) is 6.95. The number of ether oxygens (including phenoxy) is 1. The third kappa shape index (κ3) is 4.76. The molecule has 1 rings (SSSR count). The number of rotatable bonds is 7. The highest BCUT2D eigenvalue weighted by Gasteiger charge is 2.27. The van der Waals surface area contributed by atoms with Crippen LogP contribution in [0.15, 0.2) is 0 Å². The van der Waals surface area contributed by atoms with Crippen molar-refractivity contribution in [3.05, 3.63) is 0 Å². The number of hydrogen-bond acceptors (Lipinski definition) is 5. The Morgan fingerprint density at radius 2 is 1.90 bits per heavy atom. The van der Waals surface area contributed by atoms with E-state index in [0.29, 0.717) is 12.5 Å². The van der Waals surface area contributed by atoms with Crippen LogP contribution < -0.4 is 11.1 Å². The molecule has 0 aromatic heterocycles. The average Bonchev–Trinajstić information content (AvgIpc) is 2.91. The lowest BCUT2D eigenvalue weighted by atomic mass is 10.0. The first-order valence-electron chi connectivity index (χ1n) is 7.41. The molecule has 0 spiro atoms. The molecule has 1 aliphatic rings. The number of carbonyl (C=O) groups excluding carboxylic acids is 2. The van der Waals surface area contributed by atoms with E-state index in [1.54, 1.807) is 6.92 Å². The van der Waals surface area contributed by atoms with Crippen LogP contribution >= 0.6 is 0 Å². The van der Waals surface area contributed by atoms with E-state index in [1.807, 2.05) is 0 Å². The molecular formula is C14H27N3O3. The van der Waals surface area contributed by atoms with E-state index in [1.165, 1.54) is 12.8 Å². The van der Waals surface area contributed by atoms with Crippen LogP contribution in [0.1, 0.15) is 33.6 Å². The van der Waals surface area contributed by atoms with Crippen LogP contribution in [0.5, 0.6) is 0 Å². The average molecular weight is 285 g/mol. The van der Waals surface area contributed by atoms with Crippen LogP contribution in [0, 0.1) is 5.92 Å². The van der Waals surface area contributed by atoms with Gasteiger partial charge in [-0.1, -0.05) is 13.8 Å². The summed E-state index contributed by atoms with van der Waals surface area (Å²) in [5.41, 5.74) is 5.56. The highest BCUT2D eigenvalue weighted by Crippen LogP contribution is 2.17. The Balaban J connectivity index is 2.46. The lowest BCUT2D eigenvalue weighted by Crippen LogP contribution is -2.52. The molecule has 0 aliphatic carbocycles. The van der Waals surface area contributed by atoms with Gasteiger partial charge in [0, 0.05) is 12.6 Å². The number of nitrogens with zero attached hydrogens (tertiary/aromatic N) is 1. The quantitative estimate of drug-likeness (QED) is 0.512. The lowest BCUT2D eigenvalue weighted by Gasteiger charge is -2.31. The van der Waals surface area contributed by atoms with Gasteiger partial charge in [-0.15, -0.1) is 0 Å². The van der Waals surface area contributed by atoms with Gasteiger partial charge in [0.15, 0.2) is 6.04 Å². The van der Waals surface area contributed by atoms with Gasteiger partial charge in [-0.05, 0) is 38.8 Å². The Bertz CT molecular complexity index is 328. The summed E-state index contributed by atoms with van der Waals surface area (Å²) in [5, 5.41) is 2.77. The zero-order valence-corrected chi connectivity index (χ0v) is 12.7. The molecule has 6 heteroatoms. The van der Waals surface area contributed by atoms with Gasteiger partial charge >= 0.3 is 5.97 Å². The molecule has 2 atom stereocenters. The first kappa shape index (κ1) is 16.9. The summed E-state index contributed by atoms with van der Waals surface area (Å²) in [5.74, 6) is -0.701. The monoisotopic (exact) mass is 285 g/mol. The van der Waals surface area contributed by atoms with Gasteiger partial charge in [-0.2, -0.15) is 0 Å². The molecule has 1 saturated heterocycles. The summed E-state index contributed by atoms with van der Waals surface area (Å²) < 4.78 is 4.74. The number of hydrogen-bond donors (Lipinski definition) is 2. The van der Waals surface area contributed by atoms with Crippen LogP contribution in [-0.2, 0) is 14.3 Å². The van der Waals surface area contributed by atoms with E-state index >= 15 is 0 Å². The summed E-state index contributed by atoms with van der Waals surface area (Å²) in [4.78, 5) is 25.6. The molecule has 0 radical (unpaired) electrons. The molecule has 1 amide bonds. The predicted octanol–water partition coefficient (Wildman–Crippen LogP) is 0.113. The first-order valence-corrected chi connectivity index (χ1v) is 7.41. The van der Waals surface area contributed by atoms with Crippen LogP contribution in [0.25, 0.3) is 0 Å². The van der Waals surface area contributed by atoms with E-state index in [-0.39, 0.29) is 12.6 Å². The molecule has 0 bridgehead atoms. The van der Waals surface area contributed by atoms with Gasteiger partial charge in [0.1, 0.15) is 0 Å². The second-order valence-corrected chi connectivity index (χ2v) is 5.53. The van der Waals surface area contributed by atoms with Crippen LogP contribution in [0.4, 0.5) is 0 Å². The summed E-state index contributed by atoms with van der Waals surface area (Å²) in [6.45, 7) is 8.85. The van der Waals surface area contributed by atoms with Gasteiger partial charge in [0.25, 0.3) is 0 Å². The summed E-state index contributed by atoms with van der Waals surface area (Å²) in [6, 6.07) is -0.947. The number of nitrogens with two attached hydrogens (primary N) is 1. The number of nitrogens with one attached hydrogen (secondary N) is 1. The predicted molar refractivity (Wildman–Crippen MR) is 77.1 cm³/mol. The lowest BCUT2D eigenvalue weighted by molar-refractivity contribution is -0.148. The first-order chi connectivity index (χ1) is 9.47. The number of likely N-dealkylation sites (tertiary alicyclic amines) is 1. The van der Waals surface area contributed by atoms with Gasteiger partial charge in [-0.25, -0.2) is 4.79 Å². The van der Waals surface area contributed by atoms with Crippen LogP contribution in [0.2, 0.25) is 0 Å². The Morgan fingerprint density at radius 1 is 1.30 bits per heavy atom. The van der Waals surface area contributed by atoms with Crippen molar-refractivity contribution in [2.75, 3.05) is 26.2 Å². The third-order valence-electron chi connectivity index (χ3n) is 3.69. The van der Waals surface area contributed by atoms with E-state index in [9.17, 15) is 9.59 Å². The van der Waals surface area contributed by atoms with E-state index in [4.69, 9.17) is 10.5 Å². The van der Waals surface area contributed by atoms with Crippen molar-refractivity contribution < 1.29 is 14.3 Å². The van der Waals surface area contributed by atoms with Crippen molar-refractivity contribution in [3.8, 4) is 0 Å². The zero-order chi connectivity index (χ0) is 15.1. The van der Waals surface area contributed by atoms with Crippen LogP contribution in [-0.4, -0.2) is 55.1 Å². The molecule has 0 saturated carbocycles. The maximum absolute atomic E-state index is 11.8. The van der Waals surface area contributed by atoms with Crippen molar-refractivity contribution in [1.82, 2.24) is 10.2 Å². The molecule has 0 aromatic rings. The Morgan fingerprint density at radius 3 is 2.40 bits per heavy atom. The highest BCUT2D eigenvalue weighted by molar-refractivity contribution is 6.01. The fourth-order valence-corrected chi connectivity index (χ4v) is 2.51. The minimum atomic E-state index is -1.23. The van der Waals surface area contributed by atoms with Crippen molar-refractivity contribution >= 4 is 11.9 Å². The van der Waals surface area contributed by atoms with E-state index in [2.05, 4.69) is 24.1 Å². The molecule has 1 fully saturated rings. The molecule has 6 nitrogen and oxygen atoms in total. The fraction of sp³-hybridized carbons (Fsp3) is 0.857. The molecule has 3 N–H and O–H groups in total. The number of amides is 1. The topological polar surface area (TPSA) is 84.7 Å². The van der Waals surface area contributed by atoms with Crippen LogP contribution in [0.3, 0.4) is 0 Å². The number of esters is 1. The van der Waals surface area contributed by atoms with Crippen molar-refractivity contribution in [1.29, 1.82) is 0 Å². The van der Waals surface area contributed by atoms with Gasteiger partial charge in [0.05, 0.1) is 6.61 Å². The third-order valence-corrected chi connectivity index (χ3v) is 3.69. The fourth-order valence-electron chi connectivity index (χ4n) is 2.51. The molecule has 116 valence electrons. The molecule has 1 aliphatic heterocycles. The molecule has 1 heterocycles. The summed E-state index contributed by atoms with van der Waals surface area (Å²) in [7, 11) is 0. The zero-order valence-electron chi connectivity index (χ0n) is 12.7. The van der Waals surface area contributed by atoms with E-state index < -0.39 is 17.9 Å². The van der Waals surface area contributed by atoms with Gasteiger partial charge < -0.3 is 15.8 Å². The van der Waals surface area contributed by atoms with Gasteiger partial charge in [-0.3, -0.25) is 9.69 Å². The minimum Gasteiger partial charge on any atom is -0.464 e. The maximum atomic E-state index is 11.8. The summed E-state index contributed by atoms with van der Waals surface area (Å²) in [6.07, 6.45) is 2.42. The molecular weight excluding hydrogens is 258 g/mol. The van der Waals surface area contributed by atoms with Gasteiger partial charge in [0.2, 0.25) is 5.91 Å². The van der Waals surface area contributed by atoms with Crippen molar-refractivity contribution in [3.63, 3.8) is 0 Å². The smallest absolute Gasteiger partial charge is 0.332 e. The van der Waals surface area contributed by atoms with Crippen molar-refractivity contribution in [2.45, 2.75) is 45.7 Å². The standard InChI is InChI=1S/C14H27N3O3/c1-4-20-14(19)12(15)13(18)16-9-11(10(2)3)17-7-5-6-8-17/h10-12H,4-9,15H2,1-3H3,(H,16,18). The maximum Gasteiger partial charge on any atom is 0.332 e. The second-order valence-electron chi connectivity index (χ2n) is 5.53. The largest absolute Gasteiger partial charge is 0.464 e. The Labute approximate surface area is 121 Å². The molecule has 0 aromatic carbocycles. The SMILES string of the molecule is CCOC(=O)C(N)C(=O)NCC(C(C)C)N1CCCC1. The summed E-state index contributed by atoms with van der Waals surface area (Å²) >= 11 is 0. The second kappa shape index (κ2) is 8.21. The Hall–Kier alpha value is -1.14.